The second-order valence-electron chi connectivity index (χ2n) is 4.09. The van der Waals surface area contributed by atoms with Gasteiger partial charge in [-0.25, -0.2) is 8.42 Å². The molecule has 2 rings (SSSR count). The minimum Gasteiger partial charge on any atom is -0.313 e. The van der Waals surface area contributed by atoms with Crippen LogP contribution in [0.1, 0.15) is 12.0 Å². The Kier molecular flexibility index (Phi) is 3.52. The van der Waals surface area contributed by atoms with Crippen LogP contribution in [0.15, 0.2) is 24.3 Å². The van der Waals surface area contributed by atoms with Crippen LogP contribution in [0.25, 0.3) is 0 Å². The first-order valence-corrected chi connectivity index (χ1v) is 7.44. The zero-order valence-corrected chi connectivity index (χ0v) is 10.4. The third-order valence-corrected chi connectivity index (χ3v) is 4.74. The number of hydrogen-bond acceptors (Lipinski definition) is 3. The molecule has 3 nitrogen and oxygen atoms in total. The first-order valence-electron chi connectivity index (χ1n) is 5.24. The highest BCUT2D eigenvalue weighted by molar-refractivity contribution is 7.90. The lowest BCUT2D eigenvalue weighted by Crippen LogP contribution is -2.47. The van der Waals surface area contributed by atoms with Crippen LogP contribution in [0.3, 0.4) is 0 Å². The van der Waals surface area contributed by atoms with E-state index in [1.165, 1.54) is 0 Å². The average Bonchev–Trinajstić information content (AvgIpc) is 2.16. The van der Waals surface area contributed by atoms with Crippen LogP contribution in [0.2, 0.25) is 5.02 Å². The van der Waals surface area contributed by atoms with Gasteiger partial charge in [0.25, 0.3) is 0 Å². The Labute approximate surface area is 101 Å². The van der Waals surface area contributed by atoms with Crippen molar-refractivity contribution in [3.63, 3.8) is 0 Å². The lowest BCUT2D eigenvalue weighted by atomic mass is 10.1. The molecule has 1 fully saturated rings. The van der Waals surface area contributed by atoms with Crippen molar-refractivity contribution in [2.45, 2.75) is 18.2 Å². The molecule has 1 aliphatic heterocycles. The van der Waals surface area contributed by atoms with E-state index in [0.717, 1.165) is 13.0 Å². The summed E-state index contributed by atoms with van der Waals surface area (Å²) in [5.41, 5.74) is 0.684. The predicted octanol–water partition coefficient (Wildman–Crippen LogP) is 1.62. The highest BCUT2D eigenvalue weighted by Gasteiger charge is 2.24. The Morgan fingerprint density at radius 3 is 2.62 bits per heavy atom. The molecule has 1 atom stereocenters. The van der Waals surface area contributed by atoms with E-state index in [9.17, 15) is 8.42 Å². The zero-order valence-electron chi connectivity index (χ0n) is 8.82. The molecule has 5 heteroatoms. The summed E-state index contributed by atoms with van der Waals surface area (Å²) in [7, 11) is -3.06. The summed E-state index contributed by atoms with van der Waals surface area (Å²) in [5, 5.41) is 3.61. The SMILES string of the molecule is O=S(=O)(Cc1ccccc1Cl)CC1CCN1. The normalized spacial score (nSPS) is 20.4. The Morgan fingerprint density at radius 2 is 2.06 bits per heavy atom. The lowest BCUT2D eigenvalue weighted by molar-refractivity contribution is 0.398. The number of sulfone groups is 1. The van der Waals surface area contributed by atoms with Crippen molar-refractivity contribution in [2.75, 3.05) is 12.3 Å². The molecule has 1 aromatic rings. The van der Waals surface area contributed by atoms with Crippen molar-refractivity contribution in [2.24, 2.45) is 0 Å². The highest BCUT2D eigenvalue weighted by Crippen LogP contribution is 2.19. The molecule has 1 N–H and O–H groups in total. The minimum absolute atomic E-state index is 0.0326. The molecule has 1 aromatic carbocycles. The van der Waals surface area contributed by atoms with Gasteiger partial charge in [0, 0.05) is 11.1 Å². The minimum atomic E-state index is -3.06. The van der Waals surface area contributed by atoms with E-state index in [4.69, 9.17) is 11.6 Å². The maximum Gasteiger partial charge on any atom is 0.156 e. The largest absolute Gasteiger partial charge is 0.313 e. The van der Waals surface area contributed by atoms with Gasteiger partial charge in [-0.3, -0.25) is 0 Å². The molecule has 0 spiro atoms. The van der Waals surface area contributed by atoms with Crippen LogP contribution in [-0.2, 0) is 15.6 Å². The number of halogens is 1. The van der Waals surface area contributed by atoms with Gasteiger partial charge in [-0.15, -0.1) is 0 Å². The molecule has 0 amide bonds. The summed E-state index contributed by atoms with van der Waals surface area (Å²) in [6.45, 7) is 0.923. The zero-order chi connectivity index (χ0) is 11.6. The van der Waals surface area contributed by atoms with Crippen molar-refractivity contribution in [1.29, 1.82) is 0 Å². The summed E-state index contributed by atoms with van der Waals surface area (Å²) >= 11 is 5.93. The number of rotatable bonds is 4. The molecule has 16 heavy (non-hydrogen) atoms. The third-order valence-electron chi connectivity index (χ3n) is 2.71. The first kappa shape index (κ1) is 11.9. The van der Waals surface area contributed by atoms with E-state index in [0.29, 0.717) is 10.6 Å². The smallest absolute Gasteiger partial charge is 0.156 e. The van der Waals surface area contributed by atoms with Gasteiger partial charge in [-0.05, 0) is 24.6 Å². The second kappa shape index (κ2) is 4.73. The third kappa shape index (κ3) is 2.97. The van der Waals surface area contributed by atoms with E-state index in [1.807, 2.05) is 0 Å². The van der Waals surface area contributed by atoms with Gasteiger partial charge in [-0.2, -0.15) is 0 Å². The van der Waals surface area contributed by atoms with Gasteiger partial charge in [0.1, 0.15) is 0 Å². The standard InChI is InChI=1S/C11H14ClNO2S/c12-11-4-2-1-3-9(11)7-16(14,15)8-10-5-6-13-10/h1-4,10,13H,5-8H2. The van der Waals surface area contributed by atoms with E-state index < -0.39 is 9.84 Å². The predicted molar refractivity (Wildman–Crippen MR) is 65.4 cm³/mol. The second-order valence-corrected chi connectivity index (χ2v) is 6.60. The summed E-state index contributed by atoms with van der Waals surface area (Å²) in [6.07, 6.45) is 0.946. The van der Waals surface area contributed by atoms with E-state index in [1.54, 1.807) is 24.3 Å². The quantitative estimate of drug-likeness (QED) is 0.894. The maximum absolute atomic E-state index is 11.9. The molecule has 1 heterocycles. The van der Waals surface area contributed by atoms with Crippen LogP contribution in [0, 0.1) is 0 Å². The van der Waals surface area contributed by atoms with Gasteiger partial charge >= 0.3 is 0 Å². The van der Waals surface area contributed by atoms with Crippen molar-refractivity contribution in [3.8, 4) is 0 Å². The molecular weight excluding hydrogens is 246 g/mol. The molecule has 0 radical (unpaired) electrons. The molecule has 0 bridgehead atoms. The van der Waals surface area contributed by atoms with Crippen molar-refractivity contribution in [1.82, 2.24) is 5.32 Å². The van der Waals surface area contributed by atoms with Crippen LogP contribution >= 0.6 is 11.6 Å². The lowest BCUT2D eigenvalue weighted by Gasteiger charge is -2.27. The monoisotopic (exact) mass is 259 g/mol. The maximum atomic E-state index is 11.9. The number of hydrogen-bond donors (Lipinski definition) is 1. The Balaban J connectivity index is 2.05. The summed E-state index contributed by atoms with van der Waals surface area (Å²) in [5.74, 6) is 0.239. The summed E-state index contributed by atoms with van der Waals surface area (Å²) in [4.78, 5) is 0. The molecular formula is C11H14ClNO2S. The van der Waals surface area contributed by atoms with Crippen molar-refractivity contribution < 1.29 is 8.42 Å². The van der Waals surface area contributed by atoms with Crippen LogP contribution < -0.4 is 5.32 Å². The van der Waals surface area contributed by atoms with Gasteiger partial charge in [0.2, 0.25) is 0 Å². The molecule has 0 aromatic heterocycles. The number of benzene rings is 1. The fourth-order valence-corrected chi connectivity index (χ4v) is 3.73. The molecule has 0 saturated carbocycles. The van der Waals surface area contributed by atoms with Crippen LogP contribution in [-0.4, -0.2) is 26.8 Å². The Bertz CT molecular complexity index is 469. The van der Waals surface area contributed by atoms with Gasteiger partial charge in [-0.1, -0.05) is 29.8 Å². The molecule has 1 unspecified atom stereocenters. The van der Waals surface area contributed by atoms with Crippen molar-refractivity contribution >= 4 is 21.4 Å². The van der Waals surface area contributed by atoms with Crippen molar-refractivity contribution in [3.05, 3.63) is 34.9 Å². The van der Waals surface area contributed by atoms with E-state index >= 15 is 0 Å². The topological polar surface area (TPSA) is 46.2 Å². The van der Waals surface area contributed by atoms with Gasteiger partial charge in [0.05, 0.1) is 11.5 Å². The van der Waals surface area contributed by atoms with Crippen LogP contribution in [0.4, 0.5) is 0 Å². The summed E-state index contributed by atoms with van der Waals surface area (Å²) < 4.78 is 23.7. The fraction of sp³-hybridized carbons (Fsp3) is 0.455. The van der Waals surface area contributed by atoms with Crippen LogP contribution in [0.5, 0.6) is 0 Å². The molecule has 1 aliphatic rings. The molecule has 88 valence electrons. The average molecular weight is 260 g/mol. The van der Waals surface area contributed by atoms with E-state index in [-0.39, 0.29) is 17.5 Å². The Morgan fingerprint density at radius 1 is 1.38 bits per heavy atom. The highest BCUT2D eigenvalue weighted by atomic mass is 35.5. The fourth-order valence-electron chi connectivity index (χ4n) is 1.71. The summed E-state index contributed by atoms with van der Waals surface area (Å²) in [6, 6.07) is 7.21. The first-order chi connectivity index (χ1) is 7.57. The molecule has 1 saturated heterocycles. The van der Waals surface area contributed by atoms with Gasteiger partial charge in [0.15, 0.2) is 9.84 Å². The molecule has 0 aliphatic carbocycles. The Hall–Kier alpha value is -0.580. The van der Waals surface area contributed by atoms with Gasteiger partial charge < -0.3 is 5.32 Å². The number of nitrogens with one attached hydrogen (secondary N) is 1. The van der Waals surface area contributed by atoms with E-state index in [2.05, 4.69) is 5.32 Å².